The van der Waals surface area contributed by atoms with E-state index in [1.807, 2.05) is 13.8 Å². The van der Waals surface area contributed by atoms with Gasteiger partial charge >= 0.3 is 6.18 Å². The summed E-state index contributed by atoms with van der Waals surface area (Å²) in [5.41, 5.74) is 5.15. The van der Waals surface area contributed by atoms with E-state index in [9.17, 15) is 13.2 Å². The molecular weight excluding hydrogens is 271 g/mol. The molecule has 1 aromatic heterocycles. The van der Waals surface area contributed by atoms with Gasteiger partial charge in [-0.15, -0.1) is 0 Å². The third kappa shape index (κ3) is 2.76. The zero-order chi connectivity index (χ0) is 14.9. The zero-order valence-electron chi connectivity index (χ0n) is 11.0. The van der Waals surface area contributed by atoms with Gasteiger partial charge in [-0.25, -0.2) is 0 Å². The second kappa shape index (κ2) is 5.15. The van der Waals surface area contributed by atoms with Crippen LogP contribution < -0.4 is 5.73 Å². The Bertz CT molecular complexity index is 607. The number of aromatic nitrogens is 2. The fourth-order valence-electron chi connectivity index (χ4n) is 1.64. The van der Waals surface area contributed by atoms with E-state index in [4.69, 9.17) is 10.3 Å². The van der Waals surface area contributed by atoms with Gasteiger partial charge in [-0.05, 0) is 24.6 Å². The van der Waals surface area contributed by atoms with E-state index in [1.54, 1.807) is 0 Å². The lowest BCUT2D eigenvalue weighted by Gasteiger charge is -2.08. The molecule has 2 aromatic rings. The molecular formula is C13H14F3N3O. The molecule has 0 saturated heterocycles. The van der Waals surface area contributed by atoms with E-state index < -0.39 is 11.7 Å². The van der Waals surface area contributed by atoms with E-state index in [0.29, 0.717) is 5.82 Å². The van der Waals surface area contributed by atoms with Crippen LogP contribution in [0.25, 0.3) is 11.5 Å². The van der Waals surface area contributed by atoms with Gasteiger partial charge in [0, 0.05) is 11.6 Å². The Balaban J connectivity index is 2.44. The topological polar surface area (TPSA) is 64.9 Å². The van der Waals surface area contributed by atoms with Gasteiger partial charge in [0.15, 0.2) is 5.82 Å². The number of hydrogen-bond acceptors (Lipinski definition) is 4. The van der Waals surface area contributed by atoms with Crippen LogP contribution in [-0.4, -0.2) is 10.1 Å². The highest BCUT2D eigenvalue weighted by molar-refractivity contribution is 5.71. The summed E-state index contributed by atoms with van der Waals surface area (Å²) >= 11 is 0. The molecule has 0 amide bonds. The molecule has 0 aliphatic rings. The molecule has 7 heteroatoms. The SMILES string of the molecule is CCC(C)c1noc(-c2cc(C(F)(F)F)ccc2N)n1. The van der Waals surface area contributed by atoms with E-state index >= 15 is 0 Å². The van der Waals surface area contributed by atoms with Crippen LogP contribution >= 0.6 is 0 Å². The molecule has 1 unspecified atom stereocenters. The van der Waals surface area contributed by atoms with Gasteiger partial charge in [-0.3, -0.25) is 0 Å². The maximum atomic E-state index is 12.7. The van der Waals surface area contributed by atoms with Crippen molar-refractivity contribution in [3.8, 4) is 11.5 Å². The minimum Gasteiger partial charge on any atom is -0.398 e. The summed E-state index contributed by atoms with van der Waals surface area (Å²) in [6, 6.07) is 3.03. The van der Waals surface area contributed by atoms with Crippen molar-refractivity contribution in [3.63, 3.8) is 0 Å². The molecule has 20 heavy (non-hydrogen) atoms. The van der Waals surface area contributed by atoms with Crippen molar-refractivity contribution in [2.75, 3.05) is 5.73 Å². The Hall–Kier alpha value is -2.05. The first kappa shape index (κ1) is 14.4. The Morgan fingerprint density at radius 3 is 2.65 bits per heavy atom. The van der Waals surface area contributed by atoms with Crippen molar-refractivity contribution >= 4 is 5.69 Å². The molecule has 0 aliphatic heterocycles. The van der Waals surface area contributed by atoms with Gasteiger partial charge in [0.1, 0.15) is 0 Å². The van der Waals surface area contributed by atoms with Gasteiger partial charge < -0.3 is 10.3 Å². The van der Waals surface area contributed by atoms with Crippen LogP contribution in [0, 0.1) is 0 Å². The van der Waals surface area contributed by atoms with Crippen molar-refractivity contribution in [1.29, 1.82) is 0 Å². The Morgan fingerprint density at radius 1 is 1.35 bits per heavy atom. The Labute approximate surface area is 113 Å². The molecule has 0 fully saturated rings. The van der Waals surface area contributed by atoms with Crippen molar-refractivity contribution < 1.29 is 17.7 Å². The summed E-state index contributed by atoms with van der Waals surface area (Å²) in [6.07, 6.45) is -3.64. The fraction of sp³-hybridized carbons (Fsp3) is 0.385. The van der Waals surface area contributed by atoms with Gasteiger partial charge in [-0.1, -0.05) is 19.0 Å². The average Bonchev–Trinajstić information content (AvgIpc) is 2.86. The lowest BCUT2D eigenvalue weighted by Crippen LogP contribution is -2.05. The summed E-state index contributed by atoms with van der Waals surface area (Å²) in [5.74, 6) is 0.530. The van der Waals surface area contributed by atoms with Gasteiger partial charge in [-0.2, -0.15) is 18.2 Å². The van der Waals surface area contributed by atoms with Crippen LogP contribution in [0.3, 0.4) is 0 Å². The second-order valence-electron chi connectivity index (χ2n) is 4.57. The van der Waals surface area contributed by atoms with Crippen LogP contribution in [-0.2, 0) is 6.18 Å². The van der Waals surface area contributed by atoms with Crippen molar-refractivity contribution in [1.82, 2.24) is 10.1 Å². The highest BCUT2D eigenvalue weighted by Gasteiger charge is 2.31. The number of rotatable bonds is 3. The second-order valence-corrected chi connectivity index (χ2v) is 4.57. The quantitative estimate of drug-likeness (QED) is 0.870. The summed E-state index contributed by atoms with van der Waals surface area (Å²) in [5, 5.41) is 3.77. The first-order chi connectivity index (χ1) is 9.32. The molecule has 0 saturated carbocycles. The maximum absolute atomic E-state index is 12.7. The predicted molar refractivity (Wildman–Crippen MR) is 67.9 cm³/mol. The first-order valence-electron chi connectivity index (χ1n) is 6.13. The largest absolute Gasteiger partial charge is 0.416 e. The highest BCUT2D eigenvalue weighted by Crippen LogP contribution is 2.34. The van der Waals surface area contributed by atoms with Gasteiger partial charge in [0.2, 0.25) is 0 Å². The van der Waals surface area contributed by atoms with Crippen molar-refractivity contribution in [2.45, 2.75) is 32.4 Å². The molecule has 1 heterocycles. The van der Waals surface area contributed by atoms with Crippen molar-refractivity contribution in [3.05, 3.63) is 29.6 Å². The number of nitrogens with two attached hydrogens (primary N) is 1. The Kier molecular flexibility index (Phi) is 3.69. The summed E-state index contributed by atoms with van der Waals surface area (Å²) in [6.45, 7) is 3.86. The third-order valence-electron chi connectivity index (χ3n) is 3.11. The molecule has 1 aromatic carbocycles. The fourth-order valence-corrected chi connectivity index (χ4v) is 1.64. The summed E-state index contributed by atoms with van der Waals surface area (Å²) < 4.78 is 43.1. The number of nitrogens with zero attached hydrogens (tertiary/aromatic N) is 2. The van der Waals surface area contributed by atoms with Crippen LogP contribution in [0.15, 0.2) is 22.7 Å². The van der Waals surface area contributed by atoms with Gasteiger partial charge in [0.05, 0.1) is 11.1 Å². The summed E-state index contributed by atoms with van der Waals surface area (Å²) in [4.78, 5) is 4.11. The van der Waals surface area contributed by atoms with E-state index in [1.165, 1.54) is 6.07 Å². The average molecular weight is 285 g/mol. The van der Waals surface area contributed by atoms with Crippen LogP contribution in [0.2, 0.25) is 0 Å². The normalized spacial score (nSPS) is 13.4. The zero-order valence-corrected chi connectivity index (χ0v) is 11.0. The van der Waals surface area contributed by atoms with E-state index in [2.05, 4.69) is 10.1 Å². The lowest BCUT2D eigenvalue weighted by molar-refractivity contribution is -0.137. The molecule has 108 valence electrons. The third-order valence-corrected chi connectivity index (χ3v) is 3.11. The summed E-state index contributed by atoms with van der Waals surface area (Å²) in [7, 11) is 0. The van der Waals surface area contributed by atoms with E-state index in [-0.39, 0.29) is 23.1 Å². The maximum Gasteiger partial charge on any atom is 0.416 e. The number of anilines is 1. The molecule has 1 atom stereocenters. The smallest absolute Gasteiger partial charge is 0.398 e. The molecule has 0 aliphatic carbocycles. The number of halogens is 3. The molecule has 2 rings (SSSR count). The van der Waals surface area contributed by atoms with E-state index in [0.717, 1.165) is 18.6 Å². The van der Waals surface area contributed by atoms with Crippen LogP contribution in [0.1, 0.15) is 37.6 Å². The minimum atomic E-state index is -4.44. The standard InChI is InChI=1S/C13H14F3N3O/c1-3-7(2)11-18-12(20-19-11)9-6-8(13(14,15)16)4-5-10(9)17/h4-7H,3,17H2,1-2H3. The number of hydrogen-bond donors (Lipinski definition) is 1. The molecule has 0 spiro atoms. The predicted octanol–water partition coefficient (Wildman–Crippen LogP) is 3.85. The monoisotopic (exact) mass is 285 g/mol. The minimum absolute atomic E-state index is 0.00361. The van der Waals surface area contributed by atoms with Crippen LogP contribution in [0.5, 0.6) is 0 Å². The number of benzene rings is 1. The highest BCUT2D eigenvalue weighted by atomic mass is 19.4. The number of alkyl halides is 3. The molecule has 4 nitrogen and oxygen atoms in total. The molecule has 0 radical (unpaired) electrons. The molecule has 2 N–H and O–H groups in total. The number of nitrogen functional groups attached to an aromatic ring is 1. The lowest BCUT2D eigenvalue weighted by atomic mass is 10.1. The molecule has 0 bridgehead atoms. The van der Waals surface area contributed by atoms with Crippen LogP contribution in [0.4, 0.5) is 18.9 Å². The van der Waals surface area contributed by atoms with Gasteiger partial charge in [0.25, 0.3) is 5.89 Å². The first-order valence-corrected chi connectivity index (χ1v) is 6.13. The van der Waals surface area contributed by atoms with Crippen molar-refractivity contribution in [2.24, 2.45) is 0 Å². The Morgan fingerprint density at radius 2 is 2.05 bits per heavy atom.